The van der Waals surface area contributed by atoms with E-state index in [1.807, 2.05) is 42.5 Å². The molecule has 1 aromatic heterocycles. The lowest BCUT2D eigenvalue weighted by molar-refractivity contribution is -0.137. The summed E-state index contributed by atoms with van der Waals surface area (Å²) in [5, 5.41) is 2.01. The van der Waals surface area contributed by atoms with E-state index in [1.165, 1.54) is 6.07 Å². The van der Waals surface area contributed by atoms with Crippen LogP contribution in [0.3, 0.4) is 0 Å². The molecule has 4 heteroatoms. The van der Waals surface area contributed by atoms with Crippen molar-refractivity contribution >= 4 is 10.8 Å². The number of halogens is 3. The molecule has 0 amide bonds. The Bertz CT molecular complexity index is 740. The second-order valence-corrected chi connectivity index (χ2v) is 4.46. The van der Waals surface area contributed by atoms with Gasteiger partial charge in [-0.05, 0) is 22.9 Å². The van der Waals surface area contributed by atoms with Gasteiger partial charge in [0, 0.05) is 11.8 Å². The highest BCUT2D eigenvalue weighted by Crippen LogP contribution is 2.31. The van der Waals surface area contributed by atoms with Crippen LogP contribution in [0.15, 0.2) is 60.8 Å². The fourth-order valence-corrected chi connectivity index (χ4v) is 2.17. The summed E-state index contributed by atoms with van der Waals surface area (Å²) >= 11 is 0. The number of hydrogen-bond donors (Lipinski definition) is 0. The molecule has 0 aliphatic carbocycles. The van der Waals surface area contributed by atoms with E-state index in [-0.39, 0.29) is 0 Å². The number of benzene rings is 2. The third-order valence-corrected chi connectivity index (χ3v) is 3.16. The van der Waals surface area contributed by atoms with Gasteiger partial charge < -0.3 is 0 Å². The summed E-state index contributed by atoms with van der Waals surface area (Å²) in [7, 11) is 0. The summed E-state index contributed by atoms with van der Waals surface area (Å²) in [6.45, 7) is 0. The second-order valence-electron chi connectivity index (χ2n) is 4.46. The molecular weight excluding hydrogens is 263 g/mol. The third kappa shape index (κ3) is 2.25. The topological polar surface area (TPSA) is 12.9 Å². The lowest BCUT2D eigenvalue weighted by Gasteiger charge is -2.09. The van der Waals surface area contributed by atoms with Crippen LogP contribution in [0.25, 0.3) is 22.0 Å². The Kier molecular flexibility index (Phi) is 2.93. The summed E-state index contributed by atoms with van der Waals surface area (Å²) < 4.78 is 37.6. The van der Waals surface area contributed by atoms with Crippen molar-refractivity contribution < 1.29 is 13.2 Å². The zero-order chi connectivity index (χ0) is 14.2. The smallest absolute Gasteiger partial charge is 0.256 e. The van der Waals surface area contributed by atoms with Gasteiger partial charge in [-0.3, -0.25) is 4.98 Å². The number of rotatable bonds is 1. The zero-order valence-corrected chi connectivity index (χ0v) is 10.4. The van der Waals surface area contributed by atoms with Crippen LogP contribution >= 0.6 is 0 Å². The number of aromatic nitrogens is 1. The van der Waals surface area contributed by atoms with Crippen molar-refractivity contribution in [2.45, 2.75) is 6.18 Å². The molecule has 0 radical (unpaired) electrons. The van der Waals surface area contributed by atoms with Crippen LogP contribution in [0.2, 0.25) is 0 Å². The molecule has 0 aliphatic heterocycles. The van der Waals surface area contributed by atoms with Crippen molar-refractivity contribution in [1.29, 1.82) is 0 Å². The molecule has 2 aromatic carbocycles. The predicted molar refractivity (Wildman–Crippen MR) is 72.2 cm³/mol. The lowest BCUT2D eigenvalue weighted by Crippen LogP contribution is -2.05. The molecule has 0 spiro atoms. The van der Waals surface area contributed by atoms with Crippen molar-refractivity contribution in [1.82, 2.24) is 4.98 Å². The van der Waals surface area contributed by atoms with Crippen molar-refractivity contribution in [3.63, 3.8) is 0 Å². The standard InChI is InChI=1S/C16H10F3N/c17-16(18,19)12-8-9-15(20-10-12)14-7-3-5-11-4-1-2-6-13(11)14/h1-10H. The van der Waals surface area contributed by atoms with Gasteiger partial charge in [0.2, 0.25) is 0 Å². The summed E-state index contributed by atoms with van der Waals surface area (Å²) in [4.78, 5) is 3.95. The molecule has 0 bridgehead atoms. The Morgan fingerprint density at radius 1 is 0.800 bits per heavy atom. The maximum absolute atomic E-state index is 12.5. The largest absolute Gasteiger partial charge is 0.417 e. The fraction of sp³-hybridized carbons (Fsp3) is 0.0625. The van der Waals surface area contributed by atoms with Crippen LogP contribution in [-0.2, 0) is 6.18 Å². The van der Waals surface area contributed by atoms with Gasteiger partial charge in [0.05, 0.1) is 11.3 Å². The first-order chi connectivity index (χ1) is 9.55. The Morgan fingerprint density at radius 2 is 1.55 bits per heavy atom. The van der Waals surface area contributed by atoms with E-state index in [9.17, 15) is 13.2 Å². The number of nitrogens with zero attached hydrogens (tertiary/aromatic N) is 1. The van der Waals surface area contributed by atoms with E-state index in [4.69, 9.17) is 0 Å². The molecule has 20 heavy (non-hydrogen) atoms. The molecule has 3 aromatic rings. The average molecular weight is 273 g/mol. The Morgan fingerprint density at radius 3 is 2.25 bits per heavy atom. The maximum atomic E-state index is 12.5. The number of pyridine rings is 1. The Hall–Kier alpha value is -2.36. The summed E-state index contributed by atoms with van der Waals surface area (Å²) in [5.74, 6) is 0. The van der Waals surface area contributed by atoms with Gasteiger partial charge in [0.25, 0.3) is 0 Å². The Balaban J connectivity index is 2.12. The molecule has 1 heterocycles. The molecule has 0 atom stereocenters. The van der Waals surface area contributed by atoms with Crippen molar-refractivity contribution in [2.75, 3.05) is 0 Å². The first-order valence-corrected chi connectivity index (χ1v) is 6.07. The van der Waals surface area contributed by atoms with E-state index in [0.29, 0.717) is 5.69 Å². The van der Waals surface area contributed by atoms with Gasteiger partial charge in [-0.15, -0.1) is 0 Å². The molecule has 3 rings (SSSR count). The summed E-state index contributed by atoms with van der Waals surface area (Å²) in [5.41, 5.74) is 0.633. The van der Waals surface area contributed by atoms with Crippen LogP contribution < -0.4 is 0 Å². The van der Waals surface area contributed by atoms with Gasteiger partial charge in [-0.2, -0.15) is 13.2 Å². The van der Waals surface area contributed by atoms with E-state index in [0.717, 1.165) is 28.6 Å². The first-order valence-electron chi connectivity index (χ1n) is 6.07. The highest BCUT2D eigenvalue weighted by molar-refractivity contribution is 5.95. The molecule has 0 fully saturated rings. The maximum Gasteiger partial charge on any atom is 0.417 e. The van der Waals surface area contributed by atoms with Gasteiger partial charge in [-0.25, -0.2) is 0 Å². The molecule has 0 saturated heterocycles. The Labute approximate surface area is 113 Å². The van der Waals surface area contributed by atoms with Crippen molar-refractivity contribution in [3.8, 4) is 11.3 Å². The molecule has 100 valence electrons. The third-order valence-electron chi connectivity index (χ3n) is 3.16. The van der Waals surface area contributed by atoms with Crippen LogP contribution in [0.5, 0.6) is 0 Å². The normalized spacial score (nSPS) is 11.8. The average Bonchev–Trinajstić information content (AvgIpc) is 2.46. The van der Waals surface area contributed by atoms with Gasteiger partial charge >= 0.3 is 6.18 Å². The number of alkyl halides is 3. The molecule has 0 aliphatic rings. The van der Waals surface area contributed by atoms with Crippen LogP contribution in [0.4, 0.5) is 13.2 Å². The quantitative estimate of drug-likeness (QED) is 0.613. The monoisotopic (exact) mass is 273 g/mol. The molecular formula is C16H10F3N. The minimum Gasteiger partial charge on any atom is -0.256 e. The van der Waals surface area contributed by atoms with E-state index >= 15 is 0 Å². The molecule has 1 nitrogen and oxygen atoms in total. The first kappa shape index (κ1) is 12.7. The molecule has 0 saturated carbocycles. The fourth-order valence-electron chi connectivity index (χ4n) is 2.17. The SMILES string of the molecule is FC(F)(F)c1ccc(-c2cccc3ccccc23)nc1. The predicted octanol–water partition coefficient (Wildman–Crippen LogP) is 4.92. The van der Waals surface area contributed by atoms with E-state index in [2.05, 4.69) is 4.98 Å². The highest BCUT2D eigenvalue weighted by atomic mass is 19.4. The van der Waals surface area contributed by atoms with Gasteiger partial charge in [0.15, 0.2) is 0 Å². The molecule has 0 N–H and O–H groups in total. The lowest BCUT2D eigenvalue weighted by atomic mass is 10.0. The summed E-state index contributed by atoms with van der Waals surface area (Å²) in [6.07, 6.45) is -3.48. The van der Waals surface area contributed by atoms with Crippen molar-refractivity contribution in [2.24, 2.45) is 0 Å². The van der Waals surface area contributed by atoms with E-state index in [1.54, 1.807) is 0 Å². The number of hydrogen-bond acceptors (Lipinski definition) is 1. The van der Waals surface area contributed by atoms with Gasteiger partial charge in [-0.1, -0.05) is 42.5 Å². The zero-order valence-electron chi connectivity index (χ0n) is 10.4. The van der Waals surface area contributed by atoms with Crippen molar-refractivity contribution in [3.05, 3.63) is 66.4 Å². The minimum atomic E-state index is -4.36. The van der Waals surface area contributed by atoms with E-state index < -0.39 is 11.7 Å². The van der Waals surface area contributed by atoms with Gasteiger partial charge in [0.1, 0.15) is 0 Å². The van der Waals surface area contributed by atoms with Crippen LogP contribution in [-0.4, -0.2) is 4.98 Å². The second kappa shape index (κ2) is 4.63. The minimum absolute atomic E-state index is 0.537. The van der Waals surface area contributed by atoms with Crippen LogP contribution in [0.1, 0.15) is 5.56 Å². The highest BCUT2D eigenvalue weighted by Gasteiger charge is 2.30. The summed E-state index contributed by atoms with van der Waals surface area (Å²) in [6, 6.07) is 15.9. The number of fused-ring (bicyclic) bond motifs is 1. The molecule has 0 unspecified atom stereocenters. The van der Waals surface area contributed by atoms with Crippen LogP contribution in [0, 0.1) is 0 Å².